The summed E-state index contributed by atoms with van der Waals surface area (Å²) in [6.45, 7) is 2.40. The Morgan fingerprint density at radius 3 is 2.29 bits per heavy atom. The van der Waals surface area contributed by atoms with Gasteiger partial charge in [0, 0.05) is 37.8 Å². The van der Waals surface area contributed by atoms with Crippen molar-refractivity contribution in [1.29, 1.82) is 0 Å². The average Bonchev–Trinajstić information content (AvgIpc) is 2.70. The molecule has 10 heteroatoms. The molecule has 1 aliphatic heterocycles. The Hall–Kier alpha value is -2.40. The smallest absolute Gasteiger partial charge is 0.269 e. The van der Waals surface area contributed by atoms with Crippen LogP contribution in [0.2, 0.25) is 0 Å². The molecule has 1 fully saturated rings. The molecule has 1 aliphatic rings. The summed E-state index contributed by atoms with van der Waals surface area (Å²) >= 11 is 0. The third-order valence-corrected chi connectivity index (χ3v) is 6.01. The highest BCUT2D eigenvalue weighted by molar-refractivity contribution is 7.89. The zero-order valence-corrected chi connectivity index (χ0v) is 15.8. The molecule has 1 saturated heterocycles. The number of sulfonamides is 1. The van der Waals surface area contributed by atoms with E-state index in [2.05, 4.69) is 9.62 Å². The first-order valence-corrected chi connectivity index (χ1v) is 10.2. The first-order valence-electron chi connectivity index (χ1n) is 8.68. The van der Waals surface area contributed by atoms with E-state index in [1.54, 1.807) is 12.1 Å². The summed E-state index contributed by atoms with van der Waals surface area (Å²) in [4.78, 5) is 12.2. The molecule has 2 aromatic rings. The molecule has 0 spiro atoms. The Morgan fingerprint density at radius 2 is 1.71 bits per heavy atom. The summed E-state index contributed by atoms with van der Waals surface area (Å²) in [5.41, 5.74) is 0.603. The summed E-state index contributed by atoms with van der Waals surface area (Å²) in [5, 5.41) is 10.7. The predicted octanol–water partition coefficient (Wildman–Crippen LogP) is 2.09. The summed E-state index contributed by atoms with van der Waals surface area (Å²) in [6.07, 6.45) is 0. The Bertz CT molecular complexity index is 913. The quantitative estimate of drug-likeness (QED) is 0.555. The molecule has 0 amide bonds. The van der Waals surface area contributed by atoms with Crippen LogP contribution in [0.15, 0.2) is 53.4 Å². The zero-order chi connectivity index (χ0) is 20.1. The molecule has 1 heterocycles. The monoisotopic (exact) mass is 409 g/mol. The number of halogens is 1. The molecule has 150 valence electrons. The minimum atomic E-state index is -3.86. The van der Waals surface area contributed by atoms with Gasteiger partial charge in [-0.05, 0) is 29.8 Å². The molecule has 2 aromatic carbocycles. The van der Waals surface area contributed by atoms with Crippen LogP contribution in [-0.2, 0) is 14.8 Å². The number of hydrogen-bond donors (Lipinski definition) is 1. The normalized spacial score (nSPS) is 16.6. The second-order valence-corrected chi connectivity index (χ2v) is 8.09. The lowest BCUT2D eigenvalue weighted by molar-refractivity contribution is -0.384. The molecule has 8 nitrogen and oxygen atoms in total. The molecule has 1 N–H and O–H groups in total. The lowest BCUT2D eigenvalue weighted by Gasteiger charge is -2.34. The summed E-state index contributed by atoms with van der Waals surface area (Å²) in [5.74, 6) is -0.365. The summed E-state index contributed by atoms with van der Waals surface area (Å²) < 4.78 is 46.4. The summed E-state index contributed by atoms with van der Waals surface area (Å²) in [6, 6.07) is 10.3. The van der Waals surface area contributed by atoms with Gasteiger partial charge in [0.15, 0.2) is 0 Å². The number of nitrogens with one attached hydrogen (secondary N) is 1. The summed E-state index contributed by atoms with van der Waals surface area (Å²) in [7, 11) is -3.86. The van der Waals surface area contributed by atoms with E-state index in [4.69, 9.17) is 4.74 Å². The van der Waals surface area contributed by atoms with Gasteiger partial charge >= 0.3 is 0 Å². The van der Waals surface area contributed by atoms with Gasteiger partial charge in [0.05, 0.1) is 23.0 Å². The average molecular weight is 409 g/mol. The van der Waals surface area contributed by atoms with Crippen LogP contribution < -0.4 is 4.72 Å². The number of non-ortho nitro benzene ring substituents is 1. The van der Waals surface area contributed by atoms with E-state index in [1.807, 2.05) is 0 Å². The fraction of sp³-hybridized carbons (Fsp3) is 0.333. The third kappa shape index (κ3) is 4.90. The first-order chi connectivity index (χ1) is 13.4. The van der Waals surface area contributed by atoms with Gasteiger partial charge in [-0.3, -0.25) is 15.0 Å². The van der Waals surface area contributed by atoms with Crippen molar-refractivity contribution >= 4 is 15.7 Å². The molecular formula is C18H20FN3O5S. The van der Waals surface area contributed by atoms with E-state index in [0.29, 0.717) is 26.3 Å². The highest BCUT2D eigenvalue weighted by Gasteiger charge is 2.25. The molecular weight excluding hydrogens is 389 g/mol. The molecule has 0 bridgehead atoms. The maximum absolute atomic E-state index is 13.3. The number of hydrogen-bond acceptors (Lipinski definition) is 6. The van der Waals surface area contributed by atoms with Gasteiger partial charge in [0.2, 0.25) is 10.0 Å². The van der Waals surface area contributed by atoms with Crippen LogP contribution in [-0.4, -0.2) is 51.1 Å². The number of nitrogens with zero attached hydrogens (tertiary/aromatic N) is 2. The van der Waals surface area contributed by atoms with Crippen LogP contribution in [0.1, 0.15) is 11.6 Å². The van der Waals surface area contributed by atoms with Crippen molar-refractivity contribution in [3.8, 4) is 0 Å². The standard InChI is InChI=1S/C18H20FN3O5S/c19-15-3-1-14(2-4-15)18(21-9-11-27-12-10-21)13-20-28(25,26)17-7-5-16(6-8-17)22(23)24/h1-8,18,20H,9-13H2. The van der Waals surface area contributed by atoms with Crippen LogP contribution in [0.5, 0.6) is 0 Å². The minimum Gasteiger partial charge on any atom is -0.379 e. The van der Waals surface area contributed by atoms with Crippen molar-refractivity contribution in [2.24, 2.45) is 0 Å². The Kier molecular flexibility index (Phi) is 6.35. The minimum absolute atomic E-state index is 0.0575. The lowest BCUT2D eigenvalue weighted by atomic mass is 10.0. The fourth-order valence-electron chi connectivity index (χ4n) is 3.05. The highest BCUT2D eigenvalue weighted by Crippen LogP contribution is 2.23. The number of benzene rings is 2. The largest absolute Gasteiger partial charge is 0.379 e. The van der Waals surface area contributed by atoms with Gasteiger partial charge in [-0.25, -0.2) is 17.5 Å². The van der Waals surface area contributed by atoms with Crippen molar-refractivity contribution in [2.75, 3.05) is 32.8 Å². The van der Waals surface area contributed by atoms with Crippen molar-refractivity contribution in [2.45, 2.75) is 10.9 Å². The molecule has 1 atom stereocenters. The molecule has 0 saturated carbocycles. The van der Waals surface area contributed by atoms with Gasteiger partial charge in [-0.1, -0.05) is 12.1 Å². The van der Waals surface area contributed by atoms with E-state index >= 15 is 0 Å². The van der Waals surface area contributed by atoms with Crippen LogP contribution >= 0.6 is 0 Å². The zero-order valence-electron chi connectivity index (χ0n) is 15.0. The van der Waals surface area contributed by atoms with Crippen LogP contribution in [0, 0.1) is 15.9 Å². The van der Waals surface area contributed by atoms with Crippen LogP contribution in [0.3, 0.4) is 0 Å². The molecule has 0 aliphatic carbocycles. The molecule has 0 aromatic heterocycles. The number of nitro groups is 1. The Labute approximate surface area is 162 Å². The van der Waals surface area contributed by atoms with Crippen molar-refractivity contribution in [3.05, 3.63) is 70.0 Å². The molecule has 1 unspecified atom stereocenters. The topological polar surface area (TPSA) is 102 Å². The molecule has 28 heavy (non-hydrogen) atoms. The van der Waals surface area contributed by atoms with Gasteiger partial charge in [-0.2, -0.15) is 0 Å². The van der Waals surface area contributed by atoms with Crippen LogP contribution in [0.4, 0.5) is 10.1 Å². The van der Waals surface area contributed by atoms with Gasteiger partial charge in [0.25, 0.3) is 5.69 Å². The fourth-order valence-corrected chi connectivity index (χ4v) is 4.09. The van der Waals surface area contributed by atoms with Gasteiger partial charge < -0.3 is 4.74 Å². The highest BCUT2D eigenvalue weighted by atomic mass is 32.2. The third-order valence-electron chi connectivity index (χ3n) is 4.57. The number of ether oxygens (including phenoxy) is 1. The van der Waals surface area contributed by atoms with Crippen molar-refractivity contribution < 1.29 is 22.5 Å². The molecule has 3 rings (SSSR count). The van der Waals surface area contributed by atoms with Crippen molar-refractivity contribution in [1.82, 2.24) is 9.62 Å². The SMILES string of the molecule is O=[N+]([O-])c1ccc(S(=O)(=O)NCC(c2ccc(F)cc2)N2CCOCC2)cc1. The van der Waals surface area contributed by atoms with E-state index in [9.17, 15) is 22.9 Å². The maximum Gasteiger partial charge on any atom is 0.269 e. The maximum atomic E-state index is 13.3. The Balaban J connectivity index is 1.78. The Morgan fingerprint density at radius 1 is 1.11 bits per heavy atom. The second kappa shape index (κ2) is 8.74. The van der Waals surface area contributed by atoms with E-state index in [0.717, 1.165) is 17.7 Å². The van der Waals surface area contributed by atoms with Crippen LogP contribution in [0.25, 0.3) is 0 Å². The van der Waals surface area contributed by atoms with E-state index in [1.165, 1.54) is 24.3 Å². The second-order valence-electron chi connectivity index (χ2n) is 6.32. The molecule has 0 radical (unpaired) electrons. The van der Waals surface area contributed by atoms with E-state index < -0.39 is 14.9 Å². The predicted molar refractivity (Wildman–Crippen MR) is 99.8 cm³/mol. The lowest BCUT2D eigenvalue weighted by Crippen LogP contribution is -2.43. The number of nitro benzene ring substituents is 1. The number of morpholine rings is 1. The number of rotatable bonds is 7. The van der Waals surface area contributed by atoms with E-state index in [-0.39, 0.29) is 29.0 Å². The van der Waals surface area contributed by atoms with Gasteiger partial charge in [0.1, 0.15) is 5.82 Å². The van der Waals surface area contributed by atoms with Crippen molar-refractivity contribution in [3.63, 3.8) is 0 Å². The van der Waals surface area contributed by atoms with Gasteiger partial charge in [-0.15, -0.1) is 0 Å². The first kappa shape index (κ1) is 20.3.